The molecule has 0 saturated heterocycles. The normalized spacial score (nSPS) is 14.0. The van der Waals surface area contributed by atoms with Gasteiger partial charge in [-0.05, 0) is 52.1 Å². The monoisotopic (exact) mass is 712 g/mol. The van der Waals surface area contributed by atoms with E-state index in [4.69, 9.17) is 8.85 Å². The standard InChI is InChI=1S/C23H54NO2Si2.C2F6NO4S2/c1-9-10-11-12-13-14-15-16-17-18-19-24(2,20-22-25-27(3,4)5)21-23-26-28(6,7)8;3-1(4,5)14(10,11)9-15(12,13)2(6,7)8/h9-23H2,1-8H3;/q+1;-1. The number of hydrogen-bond donors (Lipinski definition) is 0. The summed E-state index contributed by atoms with van der Waals surface area (Å²) in [7, 11) is -13.9. The first-order valence-corrected chi connectivity index (χ1v) is 24.4. The minimum atomic E-state index is -6.72. The SMILES string of the molecule is CCCCCCCCCCCC[N+](C)(CCO[Si](C)(C)C)CCO[Si](C)(C)C.O=S(=O)([N-]S(=O)(=O)C(F)(F)F)C(F)(F)F. The summed E-state index contributed by atoms with van der Waals surface area (Å²) in [5, 5.41) is 0. The van der Waals surface area contributed by atoms with Crippen molar-refractivity contribution in [2.24, 2.45) is 0 Å². The number of rotatable bonds is 21. The Labute approximate surface area is 258 Å². The molecule has 0 spiro atoms. The van der Waals surface area contributed by atoms with Crippen LogP contribution in [0.5, 0.6) is 0 Å². The second-order valence-electron chi connectivity index (χ2n) is 12.8. The summed E-state index contributed by atoms with van der Waals surface area (Å²) < 4.78 is 123. The van der Waals surface area contributed by atoms with E-state index in [1.165, 1.54) is 70.8 Å². The molecule has 0 aliphatic rings. The molecule has 0 aliphatic carbocycles. The molecule has 0 rings (SSSR count). The van der Waals surface area contributed by atoms with Crippen LogP contribution in [0.3, 0.4) is 0 Å². The molecule has 0 N–H and O–H groups in total. The van der Waals surface area contributed by atoms with Gasteiger partial charge in [-0.25, -0.2) is 16.8 Å². The van der Waals surface area contributed by atoms with Gasteiger partial charge in [0.15, 0.2) is 36.7 Å². The molecule has 0 radical (unpaired) electrons. The number of nitrogens with zero attached hydrogens (tertiary/aromatic N) is 2. The Hall–Kier alpha value is -0.246. The molecule has 0 fully saturated rings. The predicted octanol–water partition coefficient (Wildman–Crippen LogP) is 8.12. The minimum absolute atomic E-state index is 0.778. The van der Waals surface area contributed by atoms with Crippen LogP contribution < -0.4 is 0 Å². The minimum Gasteiger partial charge on any atom is -0.421 e. The number of quaternary nitrogens is 1. The van der Waals surface area contributed by atoms with Crippen LogP contribution in [0.25, 0.3) is 4.13 Å². The van der Waals surface area contributed by atoms with E-state index < -0.39 is 47.7 Å². The van der Waals surface area contributed by atoms with Crippen molar-refractivity contribution in [2.75, 3.05) is 39.9 Å². The quantitative estimate of drug-likeness (QED) is 0.0516. The van der Waals surface area contributed by atoms with Gasteiger partial charge in [0.05, 0.1) is 26.8 Å². The highest BCUT2D eigenvalue weighted by molar-refractivity contribution is 8.13. The van der Waals surface area contributed by atoms with Crippen molar-refractivity contribution in [2.45, 2.75) is 121 Å². The molecule has 0 unspecified atom stereocenters. The van der Waals surface area contributed by atoms with Crippen LogP contribution in [0.1, 0.15) is 71.1 Å². The Bertz CT molecular complexity index is 907. The lowest BCUT2D eigenvalue weighted by molar-refractivity contribution is -0.910. The Morgan fingerprint density at radius 1 is 0.581 bits per heavy atom. The van der Waals surface area contributed by atoms with E-state index in [9.17, 15) is 43.2 Å². The highest BCUT2D eigenvalue weighted by atomic mass is 32.3. The third-order valence-electron chi connectivity index (χ3n) is 6.17. The predicted molar refractivity (Wildman–Crippen MR) is 165 cm³/mol. The van der Waals surface area contributed by atoms with Gasteiger partial charge in [0, 0.05) is 0 Å². The summed E-state index contributed by atoms with van der Waals surface area (Å²) in [6.45, 7) is 21.3. The third-order valence-corrected chi connectivity index (χ3v) is 11.0. The van der Waals surface area contributed by atoms with Gasteiger partial charge in [-0.1, -0.05) is 58.3 Å². The number of hydrogen-bond acceptors (Lipinski definition) is 6. The summed E-state index contributed by atoms with van der Waals surface area (Å²) in [6, 6.07) is 0. The Kier molecular flexibility index (Phi) is 20.3. The fourth-order valence-electron chi connectivity index (χ4n) is 3.67. The Morgan fingerprint density at radius 3 is 1.16 bits per heavy atom. The van der Waals surface area contributed by atoms with E-state index in [-0.39, 0.29) is 0 Å². The van der Waals surface area contributed by atoms with Crippen molar-refractivity contribution in [3.63, 3.8) is 0 Å². The molecular weight excluding hydrogens is 659 g/mol. The maximum Gasteiger partial charge on any atom is 0.480 e. The van der Waals surface area contributed by atoms with Gasteiger partial charge in [0.1, 0.15) is 13.1 Å². The lowest BCUT2D eigenvalue weighted by Gasteiger charge is -2.36. The fraction of sp³-hybridized carbons (Fsp3) is 1.00. The van der Waals surface area contributed by atoms with E-state index in [0.29, 0.717) is 0 Å². The van der Waals surface area contributed by atoms with Crippen molar-refractivity contribution < 1.29 is 56.5 Å². The number of halogens is 6. The van der Waals surface area contributed by atoms with Crippen LogP contribution in [-0.2, 0) is 28.9 Å². The van der Waals surface area contributed by atoms with Gasteiger partial charge in [-0.2, -0.15) is 26.3 Å². The molecule has 8 nitrogen and oxygen atoms in total. The molecule has 0 amide bonds. The molecular formula is C25H54F6N2O6S2Si2. The maximum absolute atomic E-state index is 11.4. The van der Waals surface area contributed by atoms with E-state index in [2.05, 4.69) is 53.3 Å². The molecule has 0 heterocycles. The zero-order valence-electron chi connectivity index (χ0n) is 27.0. The van der Waals surface area contributed by atoms with Gasteiger partial charge in [0.25, 0.3) is 0 Å². The highest BCUT2D eigenvalue weighted by Crippen LogP contribution is 2.36. The zero-order valence-corrected chi connectivity index (χ0v) is 30.7. The van der Waals surface area contributed by atoms with Crippen LogP contribution in [0.2, 0.25) is 39.3 Å². The summed E-state index contributed by atoms with van der Waals surface area (Å²) in [5.41, 5.74) is -12.4. The van der Waals surface area contributed by atoms with E-state index >= 15 is 0 Å². The van der Waals surface area contributed by atoms with Crippen LogP contribution in [-0.4, -0.2) is 88.9 Å². The molecule has 0 bridgehead atoms. The lowest BCUT2D eigenvalue weighted by Crippen LogP contribution is -2.50. The molecule has 43 heavy (non-hydrogen) atoms. The van der Waals surface area contributed by atoms with Gasteiger partial charge in [0.2, 0.25) is 0 Å². The molecule has 0 aliphatic heterocycles. The van der Waals surface area contributed by atoms with E-state index in [0.717, 1.165) is 34.9 Å². The second kappa shape index (κ2) is 19.4. The second-order valence-corrected chi connectivity index (χ2v) is 25.3. The van der Waals surface area contributed by atoms with Gasteiger partial charge >= 0.3 is 11.0 Å². The van der Waals surface area contributed by atoms with Gasteiger partial charge in [-0.15, -0.1) is 0 Å². The van der Waals surface area contributed by atoms with Gasteiger partial charge < -0.3 is 17.5 Å². The van der Waals surface area contributed by atoms with Crippen LogP contribution in [0, 0.1) is 0 Å². The smallest absolute Gasteiger partial charge is 0.421 e. The van der Waals surface area contributed by atoms with Gasteiger partial charge in [-0.3, -0.25) is 0 Å². The topological polar surface area (TPSA) is 101 Å². The van der Waals surface area contributed by atoms with Crippen LogP contribution >= 0.6 is 0 Å². The maximum atomic E-state index is 11.4. The first-order valence-electron chi connectivity index (χ1n) is 14.7. The van der Waals surface area contributed by atoms with Crippen molar-refractivity contribution in [1.29, 1.82) is 0 Å². The van der Waals surface area contributed by atoms with Crippen molar-refractivity contribution in [3.8, 4) is 0 Å². The van der Waals surface area contributed by atoms with E-state index in [1.54, 1.807) is 0 Å². The number of likely N-dealkylation sites (N-methyl/N-ethyl adjacent to an activating group) is 1. The largest absolute Gasteiger partial charge is 0.480 e. The molecule has 0 aromatic carbocycles. The number of sulfonamides is 2. The van der Waals surface area contributed by atoms with Crippen LogP contribution in [0.15, 0.2) is 0 Å². The van der Waals surface area contributed by atoms with Crippen molar-refractivity contribution in [3.05, 3.63) is 4.13 Å². The van der Waals surface area contributed by atoms with E-state index in [1.807, 2.05) is 0 Å². The highest BCUT2D eigenvalue weighted by Gasteiger charge is 2.47. The summed E-state index contributed by atoms with van der Waals surface area (Å²) in [4.78, 5) is 0. The molecule has 0 aromatic rings. The van der Waals surface area contributed by atoms with Crippen molar-refractivity contribution >= 4 is 36.7 Å². The number of alkyl halides is 6. The first kappa shape index (κ1) is 44.9. The fourth-order valence-corrected chi connectivity index (χ4v) is 6.79. The first-order chi connectivity index (χ1) is 19.2. The molecule has 18 heteroatoms. The summed E-state index contributed by atoms with van der Waals surface area (Å²) in [5.74, 6) is 0. The molecule has 0 saturated carbocycles. The molecule has 262 valence electrons. The summed E-state index contributed by atoms with van der Waals surface area (Å²) >= 11 is 0. The van der Waals surface area contributed by atoms with Crippen LogP contribution in [0.4, 0.5) is 26.3 Å². The Morgan fingerprint density at radius 2 is 0.884 bits per heavy atom. The average Bonchev–Trinajstić information content (AvgIpc) is 2.77. The molecule has 0 aromatic heterocycles. The van der Waals surface area contributed by atoms with Crippen molar-refractivity contribution in [1.82, 2.24) is 0 Å². The zero-order chi connectivity index (χ0) is 34.2. The number of unbranched alkanes of at least 4 members (excludes halogenated alkanes) is 9. The lowest BCUT2D eigenvalue weighted by atomic mass is 10.1. The average molecular weight is 713 g/mol. The third kappa shape index (κ3) is 23.7. The summed E-state index contributed by atoms with van der Waals surface area (Å²) in [6.07, 6.45) is 14.1. The Balaban J connectivity index is 0. The molecule has 0 atom stereocenters.